The molecule has 12 heteroatoms. The molecule has 1 N–H and O–H groups in total. The summed E-state index contributed by atoms with van der Waals surface area (Å²) in [6, 6.07) is 11.1. The van der Waals surface area contributed by atoms with Crippen molar-refractivity contribution in [2.45, 2.75) is 12.8 Å². The fraction of sp³-hybridized carbons (Fsp3) is 0.115. The molecule has 0 radical (unpaired) electrons. The lowest BCUT2D eigenvalue weighted by Crippen LogP contribution is -2.54. The molecule has 4 rings (SSSR count). The predicted octanol–water partition coefficient (Wildman–Crippen LogP) is 5.75. The molecule has 196 valence electrons. The van der Waals surface area contributed by atoms with Crippen LogP contribution in [0.3, 0.4) is 0 Å². The first-order valence-corrected chi connectivity index (χ1v) is 11.2. The predicted molar refractivity (Wildman–Crippen MR) is 129 cm³/mol. The number of hydrogen-bond acceptors (Lipinski definition) is 5. The summed E-state index contributed by atoms with van der Waals surface area (Å²) >= 11 is 6.00. The maximum Gasteiger partial charge on any atom is 0.416 e. The van der Waals surface area contributed by atoms with Gasteiger partial charge in [-0.1, -0.05) is 29.8 Å². The molecule has 1 aliphatic rings. The van der Waals surface area contributed by atoms with Crippen LogP contribution in [0.1, 0.15) is 16.7 Å². The molecule has 1 heterocycles. The minimum atomic E-state index is -4.77. The van der Waals surface area contributed by atoms with E-state index in [0.29, 0.717) is 22.6 Å². The number of benzene rings is 3. The summed E-state index contributed by atoms with van der Waals surface area (Å²) in [6.45, 7) is 0.0320. The number of carbonyl (C=O) groups is 3. The summed E-state index contributed by atoms with van der Waals surface area (Å²) < 4.78 is 64.0. The highest BCUT2D eigenvalue weighted by Gasteiger charge is 2.39. The Balaban J connectivity index is 1.64. The van der Waals surface area contributed by atoms with Crippen LogP contribution in [0, 0.1) is 5.82 Å². The van der Waals surface area contributed by atoms with Gasteiger partial charge in [0.15, 0.2) is 11.5 Å². The maximum absolute atomic E-state index is 13.4. The zero-order valence-electron chi connectivity index (χ0n) is 19.4. The number of nitrogens with zero attached hydrogens (tertiary/aromatic N) is 1. The van der Waals surface area contributed by atoms with Crippen molar-refractivity contribution in [3.8, 4) is 11.5 Å². The van der Waals surface area contributed by atoms with Crippen molar-refractivity contribution in [3.05, 3.63) is 93.8 Å². The van der Waals surface area contributed by atoms with Gasteiger partial charge in [-0.05, 0) is 59.7 Å². The highest BCUT2D eigenvalue weighted by Crippen LogP contribution is 2.37. The van der Waals surface area contributed by atoms with E-state index < -0.39 is 46.7 Å². The molecular weight excluding hydrogens is 532 g/mol. The van der Waals surface area contributed by atoms with E-state index in [1.54, 1.807) is 6.07 Å². The van der Waals surface area contributed by atoms with E-state index in [-0.39, 0.29) is 28.7 Å². The number of rotatable bonds is 6. The molecule has 4 amide bonds. The van der Waals surface area contributed by atoms with E-state index >= 15 is 0 Å². The Morgan fingerprint density at radius 2 is 1.76 bits per heavy atom. The Bertz CT molecular complexity index is 1470. The fourth-order valence-electron chi connectivity index (χ4n) is 3.58. The van der Waals surface area contributed by atoms with Crippen LogP contribution in [-0.2, 0) is 22.4 Å². The summed E-state index contributed by atoms with van der Waals surface area (Å²) in [4.78, 5) is 38.4. The Morgan fingerprint density at radius 3 is 2.45 bits per heavy atom. The van der Waals surface area contributed by atoms with Gasteiger partial charge < -0.3 is 9.47 Å². The van der Waals surface area contributed by atoms with Crippen molar-refractivity contribution >= 4 is 41.2 Å². The van der Waals surface area contributed by atoms with Gasteiger partial charge in [0.05, 0.1) is 23.4 Å². The van der Waals surface area contributed by atoms with E-state index in [9.17, 15) is 31.9 Å². The number of carbonyl (C=O) groups excluding carboxylic acids is 3. The van der Waals surface area contributed by atoms with E-state index in [1.165, 1.54) is 43.5 Å². The Kier molecular flexibility index (Phi) is 7.40. The number of alkyl halides is 3. The van der Waals surface area contributed by atoms with Gasteiger partial charge >= 0.3 is 12.2 Å². The highest BCUT2D eigenvalue weighted by atomic mass is 35.5. The Labute approximate surface area is 218 Å². The molecule has 3 aromatic rings. The van der Waals surface area contributed by atoms with Gasteiger partial charge in [-0.3, -0.25) is 14.9 Å². The van der Waals surface area contributed by atoms with E-state index in [1.807, 2.05) is 5.32 Å². The highest BCUT2D eigenvalue weighted by molar-refractivity contribution is 6.42. The van der Waals surface area contributed by atoms with Crippen molar-refractivity contribution in [3.63, 3.8) is 0 Å². The van der Waals surface area contributed by atoms with Crippen molar-refractivity contribution in [1.29, 1.82) is 0 Å². The van der Waals surface area contributed by atoms with E-state index in [0.717, 1.165) is 12.1 Å². The Hall–Kier alpha value is -4.38. The molecule has 7 nitrogen and oxygen atoms in total. The molecule has 0 aromatic heterocycles. The number of imide groups is 2. The van der Waals surface area contributed by atoms with Gasteiger partial charge in [0.25, 0.3) is 11.8 Å². The van der Waals surface area contributed by atoms with Crippen LogP contribution in [0.2, 0.25) is 5.02 Å². The Morgan fingerprint density at radius 1 is 1.00 bits per heavy atom. The van der Waals surface area contributed by atoms with Crippen LogP contribution in [-0.4, -0.2) is 25.0 Å². The van der Waals surface area contributed by atoms with Crippen LogP contribution in [0.4, 0.5) is 28.0 Å². The van der Waals surface area contributed by atoms with Crippen molar-refractivity contribution < 1.29 is 41.4 Å². The lowest BCUT2D eigenvalue weighted by molar-refractivity contribution is -0.137. The van der Waals surface area contributed by atoms with Crippen LogP contribution >= 0.6 is 11.6 Å². The lowest BCUT2D eigenvalue weighted by atomic mass is 10.1. The van der Waals surface area contributed by atoms with Gasteiger partial charge in [-0.25, -0.2) is 14.1 Å². The zero-order chi connectivity index (χ0) is 27.6. The lowest BCUT2D eigenvalue weighted by Gasteiger charge is -2.27. The van der Waals surface area contributed by atoms with Crippen LogP contribution in [0.5, 0.6) is 11.5 Å². The third kappa shape index (κ3) is 5.62. The summed E-state index contributed by atoms with van der Waals surface area (Å²) in [7, 11) is 1.36. The molecule has 0 saturated carbocycles. The zero-order valence-corrected chi connectivity index (χ0v) is 20.2. The number of amides is 4. The van der Waals surface area contributed by atoms with Crippen LogP contribution in [0.15, 0.2) is 66.2 Å². The third-order valence-corrected chi connectivity index (χ3v) is 5.72. The monoisotopic (exact) mass is 548 g/mol. The molecule has 1 saturated heterocycles. The summed E-state index contributed by atoms with van der Waals surface area (Å²) in [6.07, 6.45) is -3.63. The van der Waals surface area contributed by atoms with Crippen molar-refractivity contribution in [1.82, 2.24) is 5.32 Å². The number of halogens is 5. The van der Waals surface area contributed by atoms with Gasteiger partial charge in [-0.2, -0.15) is 13.2 Å². The van der Waals surface area contributed by atoms with E-state index in [4.69, 9.17) is 21.1 Å². The molecule has 1 aliphatic heterocycles. The average Bonchev–Trinajstić information content (AvgIpc) is 2.86. The molecular formula is C26H17ClF4N2O5. The molecule has 0 bridgehead atoms. The average molecular weight is 549 g/mol. The number of ether oxygens (including phenoxy) is 2. The summed E-state index contributed by atoms with van der Waals surface area (Å²) in [5, 5.41) is 1.62. The molecule has 0 unspecified atom stereocenters. The molecule has 1 fully saturated rings. The SMILES string of the molecule is COc1cc(/C=C2/C(=O)NC(=O)N(c3cc(C(F)(F)F)ccc3Cl)C2=O)ccc1OCc1cccc(F)c1. The normalized spacial score (nSPS) is 15.1. The molecule has 0 aliphatic carbocycles. The topological polar surface area (TPSA) is 84.9 Å². The number of nitrogens with one attached hydrogen (secondary N) is 1. The fourth-order valence-corrected chi connectivity index (χ4v) is 3.79. The minimum Gasteiger partial charge on any atom is -0.493 e. The van der Waals surface area contributed by atoms with Crippen molar-refractivity contribution in [2.24, 2.45) is 0 Å². The summed E-state index contributed by atoms with van der Waals surface area (Å²) in [5.74, 6) is -2.15. The molecule has 3 aromatic carbocycles. The summed E-state index contributed by atoms with van der Waals surface area (Å²) in [5.41, 5.74) is -1.36. The second kappa shape index (κ2) is 10.5. The molecule has 38 heavy (non-hydrogen) atoms. The number of methoxy groups -OCH3 is 1. The number of anilines is 1. The third-order valence-electron chi connectivity index (χ3n) is 5.40. The number of urea groups is 1. The van der Waals surface area contributed by atoms with Gasteiger partial charge in [-0.15, -0.1) is 0 Å². The first-order valence-electron chi connectivity index (χ1n) is 10.8. The second-order valence-electron chi connectivity index (χ2n) is 7.95. The van der Waals surface area contributed by atoms with Gasteiger partial charge in [0, 0.05) is 0 Å². The maximum atomic E-state index is 13.4. The molecule has 0 atom stereocenters. The van der Waals surface area contributed by atoms with Crippen LogP contribution in [0.25, 0.3) is 6.08 Å². The minimum absolute atomic E-state index is 0.0320. The first kappa shape index (κ1) is 26.7. The standard InChI is InChI=1S/C26H17ClF4N2O5/c1-37-22-11-14(5-8-21(22)38-13-15-3-2-4-17(28)9-15)10-18-23(34)32-25(36)33(24(18)35)20-12-16(26(29,30)31)6-7-19(20)27/h2-12H,13H2,1H3,(H,32,34,36)/b18-10-. The van der Waals surface area contributed by atoms with Gasteiger partial charge in [0.1, 0.15) is 18.0 Å². The smallest absolute Gasteiger partial charge is 0.416 e. The largest absolute Gasteiger partial charge is 0.493 e. The van der Waals surface area contributed by atoms with Crippen LogP contribution < -0.4 is 19.7 Å². The van der Waals surface area contributed by atoms with E-state index in [2.05, 4.69) is 0 Å². The number of barbiturate groups is 1. The van der Waals surface area contributed by atoms with Crippen molar-refractivity contribution in [2.75, 3.05) is 12.0 Å². The first-order chi connectivity index (χ1) is 18.0. The molecule has 0 spiro atoms. The second-order valence-corrected chi connectivity index (χ2v) is 8.36. The quantitative estimate of drug-likeness (QED) is 0.241. The van der Waals surface area contributed by atoms with Gasteiger partial charge in [0.2, 0.25) is 0 Å². The number of hydrogen-bond donors (Lipinski definition) is 1.